The van der Waals surface area contributed by atoms with E-state index in [1.807, 2.05) is 29.8 Å². The van der Waals surface area contributed by atoms with E-state index in [-0.39, 0.29) is 5.56 Å². The number of halogens is 2. The molecule has 0 atom stereocenters. The lowest BCUT2D eigenvalue weighted by atomic mass is 10.0. The summed E-state index contributed by atoms with van der Waals surface area (Å²) in [7, 11) is 1.91. The Bertz CT molecular complexity index is 1020. The van der Waals surface area contributed by atoms with Crippen LogP contribution in [0.1, 0.15) is 0 Å². The van der Waals surface area contributed by atoms with Gasteiger partial charge in [-0.1, -0.05) is 6.07 Å². The number of nitrogens with zero attached hydrogens (tertiary/aromatic N) is 3. The summed E-state index contributed by atoms with van der Waals surface area (Å²) < 4.78 is 29.1. The van der Waals surface area contributed by atoms with Crippen LogP contribution in [0.25, 0.3) is 33.4 Å². The smallest absolute Gasteiger partial charge is 0.135 e. The summed E-state index contributed by atoms with van der Waals surface area (Å²) in [6.45, 7) is 0. The molecule has 0 aliphatic rings. The highest BCUT2D eigenvalue weighted by Crippen LogP contribution is 2.33. The first kappa shape index (κ1) is 13.6. The minimum atomic E-state index is -0.628. The second-order valence-corrected chi connectivity index (χ2v) is 5.34. The Balaban J connectivity index is 1.89. The number of imidazole rings is 1. The topological polar surface area (TPSA) is 46.5 Å². The van der Waals surface area contributed by atoms with E-state index >= 15 is 0 Å². The first-order valence-electron chi connectivity index (χ1n) is 7.04. The average molecular weight is 310 g/mol. The van der Waals surface area contributed by atoms with Crippen molar-refractivity contribution in [2.75, 3.05) is 0 Å². The molecule has 0 fully saturated rings. The minimum absolute atomic E-state index is 0.281. The van der Waals surface area contributed by atoms with Gasteiger partial charge in [-0.2, -0.15) is 5.10 Å². The summed E-state index contributed by atoms with van der Waals surface area (Å²) in [4.78, 5) is 4.28. The van der Waals surface area contributed by atoms with Gasteiger partial charge in [0.2, 0.25) is 0 Å². The average Bonchev–Trinajstić information content (AvgIpc) is 3.14. The van der Waals surface area contributed by atoms with Gasteiger partial charge in [0.25, 0.3) is 0 Å². The van der Waals surface area contributed by atoms with Gasteiger partial charge >= 0.3 is 0 Å². The van der Waals surface area contributed by atoms with E-state index in [0.29, 0.717) is 5.69 Å². The predicted molar refractivity (Wildman–Crippen MR) is 83.6 cm³/mol. The molecule has 4 aromatic rings. The van der Waals surface area contributed by atoms with Crippen LogP contribution >= 0.6 is 0 Å². The molecular weight excluding hydrogens is 298 g/mol. The number of aryl methyl sites for hydroxylation is 1. The van der Waals surface area contributed by atoms with Crippen LogP contribution in [0, 0.1) is 11.6 Å². The maximum atomic E-state index is 14.1. The third-order valence-corrected chi connectivity index (χ3v) is 3.88. The third kappa shape index (κ3) is 2.19. The molecule has 0 aliphatic heterocycles. The first-order chi connectivity index (χ1) is 11.1. The maximum Gasteiger partial charge on any atom is 0.135 e. The zero-order valence-electron chi connectivity index (χ0n) is 12.2. The van der Waals surface area contributed by atoms with Gasteiger partial charge in [0.15, 0.2) is 0 Å². The SMILES string of the molecule is Cn1cnc2ccc(-c3cn[nH]c3-c3ccc(F)cc3F)cc21. The monoisotopic (exact) mass is 310 g/mol. The van der Waals surface area contributed by atoms with E-state index < -0.39 is 11.6 Å². The minimum Gasteiger partial charge on any atom is -0.334 e. The molecule has 23 heavy (non-hydrogen) atoms. The van der Waals surface area contributed by atoms with Gasteiger partial charge in [-0.05, 0) is 29.8 Å². The molecule has 2 heterocycles. The van der Waals surface area contributed by atoms with Crippen LogP contribution in [0.2, 0.25) is 0 Å². The van der Waals surface area contributed by atoms with Gasteiger partial charge in [0.05, 0.1) is 29.3 Å². The lowest BCUT2D eigenvalue weighted by molar-refractivity contribution is 0.585. The highest BCUT2D eigenvalue weighted by Gasteiger charge is 2.15. The largest absolute Gasteiger partial charge is 0.334 e. The van der Waals surface area contributed by atoms with Crippen molar-refractivity contribution >= 4 is 11.0 Å². The molecule has 0 spiro atoms. The summed E-state index contributed by atoms with van der Waals surface area (Å²) in [5, 5.41) is 6.82. The van der Waals surface area contributed by atoms with Crippen LogP contribution < -0.4 is 0 Å². The van der Waals surface area contributed by atoms with Gasteiger partial charge in [0.1, 0.15) is 11.6 Å². The van der Waals surface area contributed by atoms with Gasteiger partial charge in [-0.25, -0.2) is 13.8 Å². The Kier molecular flexibility index (Phi) is 2.97. The number of nitrogens with one attached hydrogen (secondary N) is 1. The Morgan fingerprint density at radius 1 is 1.04 bits per heavy atom. The molecule has 2 aromatic heterocycles. The van der Waals surface area contributed by atoms with Crippen LogP contribution in [0.4, 0.5) is 8.78 Å². The van der Waals surface area contributed by atoms with Crippen molar-refractivity contribution in [2.45, 2.75) is 0 Å². The van der Waals surface area contributed by atoms with Crippen LogP contribution in [0.5, 0.6) is 0 Å². The molecule has 0 amide bonds. The molecule has 0 bridgehead atoms. The number of benzene rings is 2. The highest BCUT2D eigenvalue weighted by molar-refractivity contribution is 5.87. The molecule has 1 N–H and O–H groups in total. The van der Waals surface area contributed by atoms with Gasteiger partial charge in [0, 0.05) is 24.2 Å². The van der Waals surface area contributed by atoms with E-state index in [4.69, 9.17) is 0 Å². The summed E-state index contributed by atoms with van der Waals surface area (Å²) >= 11 is 0. The summed E-state index contributed by atoms with van der Waals surface area (Å²) in [5.41, 5.74) is 4.28. The fourth-order valence-electron chi connectivity index (χ4n) is 2.70. The lowest BCUT2D eigenvalue weighted by Crippen LogP contribution is -1.90. The number of rotatable bonds is 2. The highest BCUT2D eigenvalue weighted by atomic mass is 19.1. The normalized spacial score (nSPS) is 11.3. The van der Waals surface area contributed by atoms with Crippen molar-refractivity contribution < 1.29 is 8.78 Å². The Hall–Kier alpha value is -3.02. The number of hydrogen-bond donors (Lipinski definition) is 1. The fraction of sp³-hybridized carbons (Fsp3) is 0.0588. The van der Waals surface area contributed by atoms with Crippen molar-refractivity contribution in [3.05, 3.63) is 60.6 Å². The van der Waals surface area contributed by atoms with Crippen molar-refractivity contribution in [1.29, 1.82) is 0 Å². The molecule has 0 saturated heterocycles. The summed E-state index contributed by atoms with van der Waals surface area (Å²) in [5.74, 6) is -1.24. The zero-order valence-corrected chi connectivity index (χ0v) is 12.2. The molecule has 6 heteroatoms. The molecule has 0 unspecified atom stereocenters. The summed E-state index contributed by atoms with van der Waals surface area (Å²) in [6.07, 6.45) is 3.38. The van der Waals surface area contributed by atoms with Crippen LogP contribution in [-0.2, 0) is 7.05 Å². The molecule has 4 rings (SSSR count). The van der Waals surface area contributed by atoms with Gasteiger partial charge in [-0.15, -0.1) is 0 Å². The van der Waals surface area contributed by atoms with Crippen LogP contribution in [0.3, 0.4) is 0 Å². The van der Waals surface area contributed by atoms with Crippen molar-refractivity contribution in [1.82, 2.24) is 19.7 Å². The predicted octanol–water partition coefficient (Wildman–Crippen LogP) is 3.91. The molecule has 0 radical (unpaired) electrons. The molecule has 0 saturated carbocycles. The number of H-pyrrole nitrogens is 1. The van der Waals surface area contributed by atoms with Crippen molar-refractivity contribution in [3.8, 4) is 22.4 Å². The van der Waals surface area contributed by atoms with Crippen molar-refractivity contribution in [3.63, 3.8) is 0 Å². The lowest BCUT2D eigenvalue weighted by Gasteiger charge is -2.06. The third-order valence-electron chi connectivity index (χ3n) is 3.88. The van der Waals surface area contributed by atoms with E-state index in [0.717, 1.165) is 28.2 Å². The van der Waals surface area contributed by atoms with Gasteiger partial charge in [-0.3, -0.25) is 5.10 Å². The Morgan fingerprint density at radius 3 is 2.74 bits per heavy atom. The number of aromatic amines is 1. The second-order valence-electron chi connectivity index (χ2n) is 5.34. The Morgan fingerprint density at radius 2 is 1.91 bits per heavy atom. The van der Waals surface area contributed by atoms with E-state index in [1.165, 1.54) is 12.1 Å². The number of aromatic nitrogens is 4. The number of hydrogen-bond acceptors (Lipinski definition) is 2. The molecule has 114 valence electrons. The Labute approximate surface area is 130 Å². The van der Waals surface area contributed by atoms with Crippen LogP contribution in [0.15, 0.2) is 48.9 Å². The van der Waals surface area contributed by atoms with E-state index in [9.17, 15) is 8.78 Å². The fourth-order valence-corrected chi connectivity index (χ4v) is 2.70. The summed E-state index contributed by atoms with van der Waals surface area (Å²) in [6, 6.07) is 9.29. The zero-order chi connectivity index (χ0) is 16.0. The quantitative estimate of drug-likeness (QED) is 0.610. The van der Waals surface area contributed by atoms with Crippen molar-refractivity contribution in [2.24, 2.45) is 7.05 Å². The first-order valence-corrected chi connectivity index (χ1v) is 7.04. The maximum absolute atomic E-state index is 14.1. The molecule has 2 aromatic carbocycles. The van der Waals surface area contributed by atoms with E-state index in [1.54, 1.807) is 12.5 Å². The standard InChI is InChI=1S/C17H12F2N4/c1-23-9-20-15-5-2-10(6-16(15)23)13-8-21-22-17(13)12-4-3-11(18)7-14(12)19/h2-9H,1H3,(H,21,22). The number of fused-ring (bicyclic) bond motifs is 1. The molecule has 0 aliphatic carbocycles. The van der Waals surface area contributed by atoms with Gasteiger partial charge < -0.3 is 4.57 Å². The molecule has 4 nitrogen and oxygen atoms in total. The van der Waals surface area contributed by atoms with E-state index in [2.05, 4.69) is 15.2 Å². The van der Waals surface area contributed by atoms with Crippen LogP contribution in [-0.4, -0.2) is 19.7 Å². The molecular formula is C17H12F2N4. The second kappa shape index (κ2) is 5.01.